The van der Waals surface area contributed by atoms with Crippen molar-refractivity contribution in [3.05, 3.63) is 90.0 Å². The summed E-state index contributed by atoms with van der Waals surface area (Å²) in [5.41, 5.74) is 0.929. The Labute approximate surface area is 306 Å². The normalized spacial score (nSPS) is 29.1. The smallest absolute Gasteiger partial charge is 0.335 e. The minimum atomic E-state index is -1.83. The van der Waals surface area contributed by atoms with E-state index in [1.165, 1.54) is 0 Å². The number of aliphatic hydroxyl groups excluding tert-OH is 6. The highest BCUT2D eigenvalue weighted by atomic mass is 16.7. The molecule has 0 aromatic heterocycles. The number of fused-ring (bicyclic) bond motifs is 2. The van der Waals surface area contributed by atoms with Gasteiger partial charge in [0.25, 0.3) is 0 Å². The number of hydrogen-bond donors (Lipinski definition) is 8. The van der Waals surface area contributed by atoms with E-state index in [1.807, 2.05) is 42.5 Å². The number of carboxylic acid groups (broad SMARTS) is 2. The van der Waals surface area contributed by atoms with Gasteiger partial charge < -0.3 is 64.5 Å². The first-order chi connectivity index (χ1) is 25.8. The van der Waals surface area contributed by atoms with Crippen LogP contribution >= 0.6 is 0 Å². The monoisotopic (exact) mass is 748 g/mol. The molecule has 17 heteroatoms. The highest BCUT2D eigenvalue weighted by molar-refractivity contribution is 5.85. The Morgan fingerprint density at radius 1 is 0.593 bits per heavy atom. The Bertz CT molecular complexity index is 2050. The fourth-order valence-electron chi connectivity index (χ4n) is 5.87. The lowest BCUT2D eigenvalue weighted by molar-refractivity contribution is -0.300. The van der Waals surface area contributed by atoms with Gasteiger partial charge in [0.1, 0.15) is 42.4 Å². The molecule has 2 fully saturated rings. The van der Waals surface area contributed by atoms with Crippen molar-refractivity contribution in [3.8, 4) is 17.9 Å². The van der Waals surface area contributed by atoms with Crippen molar-refractivity contribution >= 4 is 33.5 Å². The molecule has 6 unspecified atom stereocenters. The number of ether oxygens (including phenoxy) is 5. The van der Waals surface area contributed by atoms with Gasteiger partial charge in [-0.15, -0.1) is 0 Å². The Morgan fingerprint density at radius 3 is 1.44 bits per heavy atom. The maximum absolute atomic E-state index is 11.2. The third-order valence-electron chi connectivity index (χ3n) is 8.85. The summed E-state index contributed by atoms with van der Waals surface area (Å²) in [5, 5.41) is 99.7. The molecule has 8 N–H and O–H groups in total. The zero-order chi connectivity index (χ0) is 39.3. The minimum Gasteiger partial charge on any atom is -0.497 e. The molecule has 2 heterocycles. The average molecular weight is 749 g/mol. The van der Waals surface area contributed by atoms with Gasteiger partial charge in [0, 0.05) is 0 Å². The van der Waals surface area contributed by atoms with Crippen molar-refractivity contribution in [1.82, 2.24) is 0 Å². The van der Waals surface area contributed by atoms with Crippen molar-refractivity contribution in [2.75, 3.05) is 7.11 Å². The lowest BCUT2D eigenvalue weighted by Crippen LogP contribution is -2.60. The summed E-state index contributed by atoms with van der Waals surface area (Å²) in [6, 6.07) is 27.0. The summed E-state index contributed by atoms with van der Waals surface area (Å²) >= 11 is 0. The summed E-state index contributed by atoms with van der Waals surface area (Å²) in [5.74, 6) is -2.37. The number of nitriles is 2. The highest BCUT2D eigenvalue weighted by Crippen LogP contribution is 2.31. The quantitative estimate of drug-likeness (QED) is 0.116. The number of methoxy groups -OCH3 is 1. The van der Waals surface area contributed by atoms with Crippen LogP contribution in [0.15, 0.2) is 78.9 Å². The van der Waals surface area contributed by atoms with Crippen molar-refractivity contribution < 1.29 is 74.1 Å². The summed E-state index contributed by atoms with van der Waals surface area (Å²) in [6.07, 6.45) is -19.8. The highest BCUT2D eigenvalue weighted by Gasteiger charge is 2.49. The minimum absolute atomic E-state index is 0.448. The topological polar surface area (TPSA) is 290 Å². The second kappa shape index (κ2) is 17.2. The predicted octanol–water partition coefficient (Wildman–Crippen LogP) is 0.635. The second-order valence-electron chi connectivity index (χ2n) is 12.3. The first-order valence-electron chi connectivity index (χ1n) is 16.3. The lowest BCUT2D eigenvalue weighted by atomic mass is 9.98. The van der Waals surface area contributed by atoms with Crippen LogP contribution in [0.2, 0.25) is 0 Å². The second-order valence-corrected chi connectivity index (χ2v) is 12.3. The molecule has 0 aliphatic carbocycles. The van der Waals surface area contributed by atoms with E-state index in [1.54, 1.807) is 55.6 Å². The van der Waals surface area contributed by atoms with E-state index in [4.69, 9.17) is 33.9 Å². The van der Waals surface area contributed by atoms with Crippen molar-refractivity contribution in [3.63, 3.8) is 0 Å². The molecule has 17 nitrogen and oxygen atoms in total. The lowest BCUT2D eigenvalue weighted by Gasteiger charge is -2.39. The van der Waals surface area contributed by atoms with Crippen molar-refractivity contribution in [2.45, 2.75) is 73.6 Å². The van der Waals surface area contributed by atoms with E-state index >= 15 is 0 Å². The summed E-state index contributed by atoms with van der Waals surface area (Å²) in [4.78, 5) is 22.3. The largest absolute Gasteiger partial charge is 0.497 e. The molecule has 4 aromatic carbocycles. The number of rotatable bonds is 9. The molecule has 0 spiro atoms. The van der Waals surface area contributed by atoms with Crippen LogP contribution in [0.5, 0.6) is 5.75 Å². The molecule has 12 atom stereocenters. The van der Waals surface area contributed by atoms with Crippen molar-refractivity contribution in [1.29, 1.82) is 10.5 Å². The molecule has 2 aliphatic rings. The molecule has 0 radical (unpaired) electrons. The molecule has 6 rings (SSSR count). The van der Waals surface area contributed by atoms with Crippen LogP contribution in [0.3, 0.4) is 0 Å². The molecule has 0 bridgehead atoms. The number of carbonyl (C=O) groups is 2. The third-order valence-corrected chi connectivity index (χ3v) is 8.85. The SMILES string of the molecule is COc1ccc2cc(C(C#N)O[C@H]3OC(C(=O)O)[C@H](O)C(O)[C@H]3O)ccc2c1.N#CC(O[C@H]1OC(C(=O)O)[C@H](O)C(O)[C@H]1O)c1ccc2ccccc2c1. The summed E-state index contributed by atoms with van der Waals surface area (Å²) in [7, 11) is 1.56. The Morgan fingerprint density at radius 2 is 1.00 bits per heavy atom. The van der Waals surface area contributed by atoms with Gasteiger partial charge in [-0.1, -0.05) is 54.6 Å². The fourth-order valence-corrected chi connectivity index (χ4v) is 5.87. The van der Waals surface area contributed by atoms with Gasteiger partial charge in [0.15, 0.2) is 37.0 Å². The van der Waals surface area contributed by atoms with Crippen molar-refractivity contribution in [2.24, 2.45) is 0 Å². The molecule has 0 amide bonds. The number of aliphatic hydroxyl groups is 6. The average Bonchev–Trinajstić information content (AvgIpc) is 3.18. The van der Waals surface area contributed by atoms with Crippen LogP contribution < -0.4 is 4.74 Å². The third kappa shape index (κ3) is 8.57. The van der Waals surface area contributed by atoms with Gasteiger partial charge >= 0.3 is 11.9 Å². The fraction of sp³-hybridized carbons (Fsp3) is 0.351. The Hall–Kier alpha value is -5.28. The van der Waals surface area contributed by atoms with Crippen LogP contribution in [0.25, 0.3) is 21.5 Å². The van der Waals surface area contributed by atoms with Crippen LogP contribution in [-0.4, -0.2) is 121 Å². The summed E-state index contributed by atoms with van der Waals surface area (Å²) < 4.78 is 26.1. The maximum atomic E-state index is 11.2. The van der Waals surface area contributed by atoms with E-state index < -0.39 is 85.6 Å². The van der Waals surface area contributed by atoms with Crippen LogP contribution in [0.4, 0.5) is 0 Å². The Kier molecular flexibility index (Phi) is 12.7. The van der Waals surface area contributed by atoms with Gasteiger partial charge in [-0.2, -0.15) is 10.5 Å². The number of benzene rings is 4. The number of carboxylic acids is 2. The van der Waals surface area contributed by atoms with Crippen LogP contribution in [0.1, 0.15) is 23.3 Å². The van der Waals surface area contributed by atoms with Gasteiger partial charge in [0.2, 0.25) is 0 Å². The van der Waals surface area contributed by atoms with Crippen LogP contribution in [-0.2, 0) is 28.5 Å². The van der Waals surface area contributed by atoms with Gasteiger partial charge in [0.05, 0.1) is 19.2 Å². The molecular formula is C37H36N2O15. The number of aliphatic carboxylic acids is 2. The number of nitrogens with zero attached hydrogens (tertiary/aromatic N) is 2. The van der Waals surface area contributed by atoms with E-state index in [0.29, 0.717) is 16.9 Å². The molecule has 54 heavy (non-hydrogen) atoms. The zero-order valence-corrected chi connectivity index (χ0v) is 28.3. The zero-order valence-electron chi connectivity index (χ0n) is 28.3. The predicted molar refractivity (Wildman–Crippen MR) is 182 cm³/mol. The molecule has 4 aromatic rings. The van der Waals surface area contributed by atoms with E-state index in [-0.39, 0.29) is 0 Å². The summed E-state index contributed by atoms with van der Waals surface area (Å²) in [6.45, 7) is 0. The molecular weight excluding hydrogens is 712 g/mol. The van der Waals surface area contributed by atoms with Gasteiger partial charge in [-0.05, 0) is 56.9 Å². The Balaban J connectivity index is 0.000000208. The van der Waals surface area contributed by atoms with E-state index in [0.717, 1.165) is 21.5 Å². The molecule has 0 saturated carbocycles. The maximum Gasteiger partial charge on any atom is 0.335 e. The van der Waals surface area contributed by atoms with E-state index in [9.17, 15) is 50.8 Å². The molecule has 2 saturated heterocycles. The molecule has 284 valence electrons. The first-order valence-corrected chi connectivity index (χ1v) is 16.3. The van der Waals surface area contributed by atoms with Gasteiger partial charge in [-0.3, -0.25) is 0 Å². The first kappa shape index (κ1) is 39.9. The van der Waals surface area contributed by atoms with E-state index in [2.05, 4.69) is 0 Å². The standard InChI is InChI=1S/C19H19NO8.C18H17NO7/c1-26-12-5-4-9-6-11(3-2-10(9)7-12)13(8-20)27-19-16(23)14(21)15(22)17(28-19)18(24)25;19-8-12(11-6-5-9-3-1-2-4-10(9)7-11)25-18-15(22)13(20)14(21)16(26-18)17(23)24/h2-7,13-17,19,21-23H,1H3,(H,24,25);1-7,12-16,18,20-22H,(H,23,24)/t13?,14?,15-,16-,17?,19+;12?,13?,14-,15-,16?,18+/m11/s1. The number of hydrogen-bond acceptors (Lipinski definition) is 15. The van der Waals surface area contributed by atoms with Gasteiger partial charge in [-0.25, -0.2) is 9.59 Å². The van der Waals surface area contributed by atoms with Crippen LogP contribution in [0, 0.1) is 22.7 Å². The molecule has 2 aliphatic heterocycles.